The average Bonchev–Trinajstić information content (AvgIpc) is 2.62. The van der Waals surface area contributed by atoms with Crippen LogP contribution in [0.25, 0.3) is 0 Å². The molecule has 4 nitrogen and oxygen atoms in total. The van der Waals surface area contributed by atoms with Crippen LogP contribution >= 0.6 is 0 Å². The third-order valence-corrected chi connectivity index (χ3v) is 4.51. The van der Waals surface area contributed by atoms with Crippen LogP contribution in [0.1, 0.15) is 46.1 Å². The minimum Gasteiger partial charge on any atom is -0.364 e. The summed E-state index contributed by atoms with van der Waals surface area (Å²) in [5.41, 5.74) is 2.32. The van der Waals surface area contributed by atoms with E-state index in [1.807, 2.05) is 38.2 Å². The minimum atomic E-state index is 0.0479. The maximum absolute atomic E-state index is 12.2. The third-order valence-electron chi connectivity index (χ3n) is 4.51. The molecule has 0 aliphatic heterocycles. The number of carbonyl (C=O) groups is 1. The molecule has 1 aromatic carbocycles. The van der Waals surface area contributed by atoms with Gasteiger partial charge >= 0.3 is 0 Å². The fourth-order valence-electron chi connectivity index (χ4n) is 2.87. The van der Waals surface area contributed by atoms with E-state index in [1.165, 1.54) is 5.56 Å². The first kappa shape index (κ1) is 19.0. The highest BCUT2D eigenvalue weighted by atomic mass is 16.1. The van der Waals surface area contributed by atoms with Crippen molar-refractivity contribution in [1.82, 2.24) is 4.98 Å². The lowest BCUT2D eigenvalue weighted by atomic mass is 10.0. The van der Waals surface area contributed by atoms with Crippen LogP contribution in [0.3, 0.4) is 0 Å². The Hall–Kier alpha value is -2.36. The highest BCUT2D eigenvalue weighted by Crippen LogP contribution is 2.21. The third kappa shape index (κ3) is 5.31. The van der Waals surface area contributed by atoms with Crippen molar-refractivity contribution in [2.24, 2.45) is 5.92 Å². The van der Waals surface area contributed by atoms with Gasteiger partial charge in [0.15, 0.2) is 0 Å². The molecule has 134 valence electrons. The zero-order valence-electron chi connectivity index (χ0n) is 15.7. The van der Waals surface area contributed by atoms with Gasteiger partial charge in [0.2, 0.25) is 5.91 Å². The Labute approximate surface area is 151 Å². The Bertz CT molecular complexity index is 649. The van der Waals surface area contributed by atoms with E-state index in [9.17, 15) is 4.79 Å². The standard InChI is InChI=1S/C21H29N3O/c1-5-18(6-2)21(25)23-20-13-12-19(14-22-20)24(16(3)4)15-17-10-8-7-9-11-17/h7-14,16,18H,5-6,15H2,1-4H3,(H,22,23,25). The molecule has 0 saturated heterocycles. The number of nitrogens with one attached hydrogen (secondary N) is 1. The predicted molar refractivity (Wildman–Crippen MR) is 105 cm³/mol. The van der Waals surface area contributed by atoms with Crippen molar-refractivity contribution in [3.05, 3.63) is 54.2 Å². The first-order valence-corrected chi connectivity index (χ1v) is 9.12. The predicted octanol–water partition coefficient (Wildman–Crippen LogP) is 4.87. The van der Waals surface area contributed by atoms with Gasteiger partial charge in [0.1, 0.15) is 5.82 Å². The van der Waals surface area contributed by atoms with E-state index in [0.717, 1.165) is 25.1 Å². The van der Waals surface area contributed by atoms with E-state index in [0.29, 0.717) is 11.9 Å². The van der Waals surface area contributed by atoms with E-state index in [4.69, 9.17) is 0 Å². The maximum Gasteiger partial charge on any atom is 0.228 e. The Morgan fingerprint density at radius 1 is 1.08 bits per heavy atom. The van der Waals surface area contributed by atoms with Gasteiger partial charge < -0.3 is 10.2 Å². The largest absolute Gasteiger partial charge is 0.364 e. The zero-order valence-corrected chi connectivity index (χ0v) is 15.7. The number of hydrogen-bond acceptors (Lipinski definition) is 3. The molecule has 1 heterocycles. The number of anilines is 2. The van der Waals surface area contributed by atoms with Gasteiger partial charge in [-0.05, 0) is 44.4 Å². The molecule has 0 aliphatic carbocycles. The van der Waals surface area contributed by atoms with Crippen LogP contribution in [0.2, 0.25) is 0 Å². The molecule has 0 aliphatic rings. The average molecular weight is 339 g/mol. The van der Waals surface area contributed by atoms with Gasteiger partial charge in [-0.2, -0.15) is 0 Å². The Balaban J connectivity index is 2.09. The van der Waals surface area contributed by atoms with Gasteiger partial charge in [0.05, 0.1) is 11.9 Å². The lowest BCUT2D eigenvalue weighted by Crippen LogP contribution is -2.30. The number of carbonyl (C=O) groups excluding carboxylic acids is 1. The second-order valence-electron chi connectivity index (χ2n) is 6.61. The van der Waals surface area contributed by atoms with E-state index >= 15 is 0 Å². The van der Waals surface area contributed by atoms with Crippen LogP contribution in [-0.2, 0) is 11.3 Å². The summed E-state index contributed by atoms with van der Waals surface area (Å²) in [6.45, 7) is 9.25. The molecule has 2 rings (SSSR count). The fourth-order valence-corrected chi connectivity index (χ4v) is 2.87. The summed E-state index contributed by atoms with van der Waals surface area (Å²) in [6.07, 6.45) is 3.53. The van der Waals surface area contributed by atoms with Crippen molar-refractivity contribution in [1.29, 1.82) is 0 Å². The van der Waals surface area contributed by atoms with Crippen LogP contribution < -0.4 is 10.2 Å². The summed E-state index contributed by atoms with van der Waals surface area (Å²) in [5.74, 6) is 0.714. The molecule has 0 spiro atoms. The summed E-state index contributed by atoms with van der Waals surface area (Å²) in [7, 11) is 0. The highest BCUT2D eigenvalue weighted by Gasteiger charge is 2.15. The number of benzene rings is 1. The van der Waals surface area contributed by atoms with Crippen molar-refractivity contribution >= 4 is 17.4 Å². The molecular weight excluding hydrogens is 310 g/mol. The molecule has 1 aromatic heterocycles. The number of amides is 1. The maximum atomic E-state index is 12.2. The van der Waals surface area contributed by atoms with Crippen LogP contribution in [-0.4, -0.2) is 16.9 Å². The first-order valence-electron chi connectivity index (χ1n) is 9.12. The number of pyridine rings is 1. The highest BCUT2D eigenvalue weighted by molar-refractivity contribution is 5.91. The smallest absolute Gasteiger partial charge is 0.228 e. The molecule has 1 amide bonds. The number of rotatable bonds is 8. The molecule has 1 N–H and O–H groups in total. The number of nitrogens with zero attached hydrogens (tertiary/aromatic N) is 2. The summed E-state index contributed by atoms with van der Waals surface area (Å²) in [6, 6.07) is 14.7. The molecular formula is C21H29N3O. The first-order chi connectivity index (χ1) is 12.0. The molecule has 25 heavy (non-hydrogen) atoms. The normalized spacial score (nSPS) is 11.0. The molecule has 0 bridgehead atoms. The van der Waals surface area contributed by atoms with E-state index in [-0.39, 0.29) is 11.8 Å². The Morgan fingerprint density at radius 3 is 2.28 bits per heavy atom. The van der Waals surface area contributed by atoms with Gasteiger partial charge in [-0.25, -0.2) is 4.98 Å². The molecule has 0 fully saturated rings. The van der Waals surface area contributed by atoms with E-state index in [1.54, 1.807) is 0 Å². The summed E-state index contributed by atoms with van der Waals surface area (Å²) >= 11 is 0. The van der Waals surface area contributed by atoms with E-state index < -0.39 is 0 Å². The van der Waals surface area contributed by atoms with Crippen molar-refractivity contribution in [3.8, 4) is 0 Å². The van der Waals surface area contributed by atoms with Gasteiger partial charge in [0, 0.05) is 18.5 Å². The molecule has 2 aromatic rings. The Morgan fingerprint density at radius 2 is 1.76 bits per heavy atom. The fraction of sp³-hybridized carbons (Fsp3) is 0.429. The van der Waals surface area contributed by atoms with Gasteiger partial charge in [-0.1, -0.05) is 44.2 Å². The topological polar surface area (TPSA) is 45.2 Å². The van der Waals surface area contributed by atoms with Crippen LogP contribution in [0.15, 0.2) is 48.7 Å². The quantitative estimate of drug-likeness (QED) is 0.746. The van der Waals surface area contributed by atoms with Crippen molar-refractivity contribution < 1.29 is 4.79 Å². The lowest BCUT2D eigenvalue weighted by molar-refractivity contribution is -0.120. The monoisotopic (exact) mass is 339 g/mol. The zero-order chi connectivity index (χ0) is 18.2. The lowest BCUT2D eigenvalue weighted by Gasteiger charge is -2.29. The van der Waals surface area contributed by atoms with E-state index in [2.05, 4.69) is 53.3 Å². The number of aromatic nitrogens is 1. The van der Waals surface area contributed by atoms with Crippen molar-refractivity contribution in [3.63, 3.8) is 0 Å². The molecule has 0 unspecified atom stereocenters. The molecule has 0 saturated carbocycles. The molecule has 4 heteroatoms. The SMILES string of the molecule is CCC(CC)C(=O)Nc1ccc(N(Cc2ccccc2)C(C)C)cn1. The van der Waals surface area contributed by atoms with Crippen molar-refractivity contribution in [2.75, 3.05) is 10.2 Å². The second kappa shape index (κ2) is 9.21. The summed E-state index contributed by atoms with van der Waals surface area (Å²) < 4.78 is 0. The van der Waals surface area contributed by atoms with Crippen LogP contribution in [0.4, 0.5) is 11.5 Å². The Kier molecular flexibility index (Phi) is 6.99. The second-order valence-corrected chi connectivity index (χ2v) is 6.61. The van der Waals surface area contributed by atoms with Crippen molar-refractivity contribution in [2.45, 2.75) is 53.1 Å². The summed E-state index contributed by atoms with van der Waals surface area (Å²) in [5, 5.41) is 2.92. The van der Waals surface area contributed by atoms with Gasteiger partial charge in [-0.3, -0.25) is 4.79 Å². The van der Waals surface area contributed by atoms with Gasteiger partial charge in [-0.15, -0.1) is 0 Å². The molecule has 0 radical (unpaired) electrons. The van der Waals surface area contributed by atoms with Crippen LogP contribution in [0, 0.1) is 5.92 Å². The van der Waals surface area contributed by atoms with Gasteiger partial charge in [0.25, 0.3) is 0 Å². The minimum absolute atomic E-state index is 0.0479. The number of hydrogen-bond donors (Lipinski definition) is 1. The molecule has 0 atom stereocenters. The van der Waals surface area contributed by atoms with Crippen LogP contribution in [0.5, 0.6) is 0 Å². The summed E-state index contributed by atoms with van der Waals surface area (Å²) in [4.78, 5) is 18.9.